The monoisotopic (exact) mass is 377 g/mol. The first-order valence-corrected chi connectivity index (χ1v) is 10.3. The molecule has 0 amide bonds. The van der Waals surface area contributed by atoms with E-state index in [0.29, 0.717) is 0 Å². The lowest BCUT2D eigenvalue weighted by atomic mass is 10.0. The predicted molar refractivity (Wildman–Crippen MR) is 112 cm³/mol. The molecule has 1 N–H and O–H groups in total. The van der Waals surface area contributed by atoms with Crippen molar-refractivity contribution >= 4 is 21.7 Å². The Balaban J connectivity index is 1.89. The summed E-state index contributed by atoms with van der Waals surface area (Å²) in [5, 5.41) is 0. The molecule has 4 heteroatoms. The summed E-state index contributed by atoms with van der Waals surface area (Å²) in [6.45, 7) is 4.19. The Morgan fingerprint density at radius 1 is 0.852 bits per heavy atom. The Morgan fingerprint density at radius 3 is 2.22 bits per heavy atom. The van der Waals surface area contributed by atoms with E-state index in [4.69, 9.17) is 0 Å². The van der Waals surface area contributed by atoms with Gasteiger partial charge >= 0.3 is 0 Å². The number of nitrogens with one attached hydrogen (secondary N) is 1. The summed E-state index contributed by atoms with van der Waals surface area (Å²) in [4.78, 5) is 0.274. The number of rotatable bonds is 6. The Morgan fingerprint density at radius 2 is 1.56 bits per heavy atom. The van der Waals surface area contributed by atoms with Crippen LogP contribution < -0.4 is 4.72 Å². The van der Waals surface area contributed by atoms with E-state index in [1.54, 1.807) is 24.3 Å². The summed E-state index contributed by atoms with van der Waals surface area (Å²) >= 11 is 0. The predicted octanol–water partition coefficient (Wildman–Crippen LogP) is 4.82. The fourth-order valence-electron chi connectivity index (χ4n) is 2.82. The molecule has 3 aromatic rings. The van der Waals surface area contributed by atoms with Crippen molar-refractivity contribution in [1.82, 2.24) is 4.72 Å². The lowest BCUT2D eigenvalue weighted by Crippen LogP contribution is -2.25. The summed E-state index contributed by atoms with van der Waals surface area (Å²) in [6.07, 6.45) is 2.03. The van der Waals surface area contributed by atoms with E-state index in [9.17, 15) is 8.42 Å². The minimum atomic E-state index is -3.57. The fraction of sp³-hybridized carbons (Fsp3) is 0.130. The van der Waals surface area contributed by atoms with Crippen LogP contribution in [-0.4, -0.2) is 15.0 Å². The zero-order valence-electron chi connectivity index (χ0n) is 15.5. The molecule has 0 aliphatic carbocycles. The van der Waals surface area contributed by atoms with Crippen LogP contribution in [0.3, 0.4) is 0 Å². The van der Waals surface area contributed by atoms with Gasteiger partial charge in [-0.2, -0.15) is 0 Å². The van der Waals surface area contributed by atoms with E-state index in [-0.39, 0.29) is 11.4 Å². The zero-order chi connectivity index (χ0) is 19.3. The van der Waals surface area contributed by atoms with Gasteiger partial charge in [0, 0.05) is 6.54 Å². The summed E-state index contributed by atoms with van der Waals surface area (Å²) in [7, 11) is -3.57. The first kappa shape index (κ1) is 19.1. The van der Waals surface area contributed by atoms with Crippen LogP contribution in [-0.2, 0) is 10.0 Å². The highest BCUT2D eigenvalue weighted by molar-refractivity contribution is 7.89. The van der Waals surface area contributed by atoms with Crippen molar-refractivity contribution in [2.45, 2.75) is 18.7 Å². The molecule has 0 fully saturated rings. The molecule has 0 aromatic heterocycles. The van der Waals surface area contributed by atoms with Gasteiger partial charge in [0.1, 0.15) is 0 Å². The molecule has 3 rings (SSSR count). The van der Waals surface area contributed by atoms with Crippen molar-refractivity contribution in [3.63, 3.8) is 0 Å². The molecule has 0 spiro atoms. The van der Waals surface area contributed by atoms with Gasteiger partial charge in [-0.3, -0.25) is 0 Å². The highest BCUT2D eigenvalue weighted by Gasteiger charge is 2.14. The van der Waals surface area contributed by atoms with Crippen LogP contribution in [0, 0.1) is 13.8 Å². The van der Waals surface area contributed by atoms with Crippen LogP contribution in [0.2, 0.25) is 0 Å². The van der Waals surface area contributed by atoms with Gasteiger partial charge < -0.3 is 0 Å². The first-order valence-electron chi connectivity index (χ1n) is 8.83. The normalized spacial score (nSPS) is 12.1. The van der Waals surface area contributed by atoms with Gasteiger partial charge in [-0.15, -0.1) is 0 Å². The lowest BCUT2D eigenvalue weighted by molar-refractivity contribution is 0.586. The average Bonchev–Trinajstić information content (AvgIpc) is 2.66. The summed E-state index contributed by atoms with van der Waals surface area (Å²) < 4.78 is 28.0. The number of benzene rings is 3. The minimum absolute atomic E-state index is 0.216. The topological polar surface area (TPSA) is 46.2 Å². The van der Waals surface area contributed by atoms with E-state index in [1.165, 1.54) is 0 Å². The highest BCUT2D eigenvalue weighted by Crippen LogP contribution is 2.19. The van der Waals surface area contributed by atoms with Crippen molar-refractivity contribution in [2.75, 3.05) is 6.54 Å². The molecule has 0 saturated carbocycles. The van der Waals surface area contributed by atoms with E-state index < -0.39 is 10.0 Å². The van der Waals surface area contributed by atoms with Crippen LogP contribution in [0.1, 0.15) is 22.3 Å². The van der Waals surface area contributed by atoms with Gasteiger partial charge in [-0.05, 0) is 48.8 Å². The third-order valence-electron chi connectivity index (χ3n) is 4.31. The van der Waals surface area contributed by atoms with Gasteiger partial charge in [-0.25, -0.2) is 13.1 Å². The Labute approximate surface area is 161 Å². The fourth-order valence-corrected chi connectivity index (χ4v) is 3.83. The Bertz CT molecular complexity index is 1040. The Hall–Kier alpha value is -2.69. The first-order chi connectivity index (χ1) is 12.9. The quantitative estimate of drug-likeness (QED) is 0.626. The zero-order valence-corrected chi connectivity index (χ0v) is 16.3. The van der Waals surface area contributed by atoms with Crippen molar-refractivity contribution < 1.29 is 8.42 Å². The van der Waals surface area contributed by atoms with Crippen molar-refractivity contribution in [3.05, 3.63) is 101 Å². The molecule has 0 aliphatic rings. The van der Waals surface area contributed by atoms with Crippen molar-refractivity contribution in [3.8, 4) is 0 Å². The van der Waals surface area contributed by atoms with E-state index in [0.717, 1.165) is 27.8 Å². The Kier molecular flexibility index (Phi) is 5.89. The molecule has 0 atom stereocenters. The van der Waals surface area contributed by atoms with Gasteiger partial charge in [0.2, 0.25) is 10.0 Å². The van der Waals surface area contributed by atoms with Gasteiger partial charge in [0.25, 0.3) is 0 Å². The second-order valence-corrected chi connectivity index (χ2v) is 8.35. The molecule has 0 saturated heterocycles. The second-order valence-electron chi connectivity index (χ2n) is 6.59. The molecule has 27 heavy (non-hydrogen) atoms. The SMILES string of the molecule is Cc1ccc(S(=O)(=O)NC/C(=C/c2cccc(C)c2)c2ccccc2)cc1. The van der Waals surface area contributed by atoms with Crippen molar-refractivity contribution in [1.29, 1.82) is 0 Å². The molecular weight excluding hydrogens is 354 g/mol. The maximum atomic E-state index is 12.6. The number of hydrogen-bond donors (Lipinski definition) is 1. The molecule has 138 valence electrons. The van der Waals surface area contributed by atoms with Gasteiger partial charge in [0.05, 0.1) is 4.90 Å². The van der Waals surface area contributed by atoms with Crippen LogP contribution >= 0.6 is 0 Å². The van der Waals surface area contributed by atoms with E-state index in [1.807, 2.05) is 68.5 Å². The molecule has 0 unspecified atom stereocenters. The number of sulfonamides is 1. The standard InChI is InChI=1S/C23H23NO2S/c1-18-11-13-23(14-12-18)27(25,26)24-17-22(21-9-4-3-5-10-21)16-20-8-6-7-19(2)15-20/h3-16,24H,17H2,1-2H3/b22-16-. The maximum absolute atomic E-state index is 12.6. The number of hydrogen-bond acceptors (Lipinski definition) is 2. The van der Waals surface area contributed by atoms with Crippen LogP contribution in [0.5, 0.6) is 0 Å². The highest BCUT2D eigenvalue weighted by atomic mass is 32.2. The summed E-state index contributed by atoms with van der Waals surface area (Å²) in [5.74, 6) is 0. The van der Waals surface area contributed by atoms with Gasteiger partial charge in [-0.1, -0.05) is 77.9 Å². The summed E-state index contributed by atoms with van der Waals surface area (Å²) in [6, 6.07) is 24.8. The molecule has 0 aliphatic heterocycles. The molecular formula is C23H23NO2S. The van der Waals surface area contributed by atoms with E-state index in [2.05, 4.69) is 10.8 Å². The lowest BCUT2D eigenvalue weighted by Gasteiger charge is -2.11. The average molecular weight is 378 g/mol. The maximum Gasteiger partial charge on any atom is 0.240 e. The third-order valence-corrected chi connectivity index (χ3v) is 5.73. The molecule has 3 nitrogen and oxygen atoms in total. The molecule has 3 aromatic carbocycles. The second kappa shape index (κ2) is 8.33. The molecule has 0 radical (unpaired) electrons. The van der Waals surface area contributed by atoms with Gasteiger partial charge in [0.15, 0.2) is 0 Å². The van der Waals surface area contributed by atoms with Crippen molar-refractivity contribution in [2.24, 2.45) is 0 Å². The third kappa shape index (κ3) is 5.16. The van der Waals surface area contributed by atoms with Crippen LogP contribution in [0.4, 0.5) is 0 Å². The molecule has 0 heterocycles. The van der Waals surface area contributed by atoms with E-state index >= 15 is 0 Å². The smallest absolute Gasteiger partial charge is 0.207 e. The largest absolute Gasteiger partial charge is 0.240 e. The van der Waals surface area contributed by atoms with Crippen LogP contribution in [0.25, 0.3) is 11.6 Å². The number of aryl methyl sites for hydroxylation is 2. The molecule has 0 bridgehead atoms. The summed E-state index contributed by atoms with van der Waals surface area (Å²) in [5.41, 5.74) is 5.14. The minimum Gasteiger partial charge on any atom is -0.207 e. The van der Waals surface area contributed by atoms with Crippen LogP contribution in [0.15, 0.2) is 83.8 Å².